The van der Waals surface area contributed by atoms with Crippen LogP contribution in [0, 0.1) is 0 Å². The Balaban J connectivity index is 2.25. The van der Waals surface area contributed by atoms with Gasteiger partial charge in [0, 0.05) is 6.08 Å². The highest BCUT2D eigenvalue weighted by Crippen LogP contribution is 2.16. The first kappa shape index (κ1) is 21.1. The minimum absolute atomic E-state index is 0.480. The second kappa shape index (κ2) is 13.4. The quantitative estimate of drug-likeness (QED) is 0.190. The zero-order valence-corrected chi connectivity index (χ0v) is 15.6. The Kier molecular flexibility index (Phi) is 11.3. The zero-order valence-electron chi connectivity index (χ0n) is 15.6. The fraction of sp³-hybridized carbons (Fsp3) is 0.545. The van der Waals surface area contributed by atoms with Crippen molar-refractivity contribution >= 4 is 11.9 Å². The van der Waals surface area contributed by atoms with Gasteiger partial charge in [-0.3, -0.25) is 0 Å². The first-order valence-corrected chi connectivity index (χ1v) is 9.65. The van der Waals surface area contributed by atoms with Gasteiger partial charge in [0.25, 0.3) is 0 Å². The molecular formula is C22H32O3. The van der Waals surface area contributed by atoms with Gasteiger partial charge < -0.3 is 4.74 Å². The van der Waals surface area contributed by atoms with Crippen LogP contribution in [0.5, 0.6) is 0 Å². The van der Waals surface area contributed by atoms with Gasteiger partial charge >= 0.3 is 11.9 Å². The van der Waals surface area contributed by atoms with Crippen LogP contribution in [0.15, 0.2) is 36.9 Å². The third-order valence-electron chi connectivity index (χ3n) is 4.40. The molecule has 25 heavy (non-hydrogen) atoms. The summed E-state index contributed by atoms with van der Waals surface area (Å²) >= 11 is 0. The van der Waals surface area contributed by atoms with E-state index in [2.05, 4.69) is 13.5 Å². The van der Waals surface area contributed by atoms with Crippen molar-refractivity contribution < 1.29 is 14.3 Å². The number of hydrogen-bond donors (Lipinski definition) is 0. The number of hydrogen-bond acceptors (Lipinski definition) is 3. The molecule has 0 saturated carbocycles. The molecule has 0 N–H and O–H groups in total. The average molecular weight is 344 g/mol. The molecule has 0 aliphatic heterocycles. The summed E-state index contributed by atoms with van der Waals surface area (Å²) in [5.74, 6) is -1.30. The lowest BCUT2D eigenvalue weighted by Gasteiger charge is -2.08. The van der Waals surface area contributed by atoms with Crippen molar-refractivity contribution in [3.63, 3.8) is 0 Å². The van der Waals surface area contributed by atoms with Crippen molar-refractivity contribution in [2.45, 2.75) is 77.6 Å². The largest absolute Gasteiger partial charge is 0.386 e. The minimum Gasteiger partial charge on any atom is -0.386 e. The highest BCUT2D eigenvalue weighted by Gasteiger charge is 2.14. The van der Waals surface area contributed by atoms with E-state index in [1.807, 2.05) is 12.1 Å². The normalized spacial score (nSPS) is 10.4. The van der Waals surface area contributed by atoms with Crippen LogP contribution >= 0.6 is 0 Å². The number of carbonyl (C=O) groups is 2. The number of carbonyl (C=O) groups excluding carboxylic acids is 2. The predicted octanol–water partition coefficient (Wildman–Crippen LogP) is 6.02. The third-order valence-corrected chi connectivity index (χ3v) is 4.40. The van der Waals surface area contributed by atoms with Gasteiger partial charge in [-0.25, -0.2) is 9.59 Å². The Morgan fingerprint density at radius 1 is 0.920 bits per heavy atom. The van der Waals surface area contributed by atoms with E-state index in [0.717, 1.165) is 24.5 Å². The highest BCUT2D eigenvalue weighted by molar-refractivity contribution is 6.00. The smallest absolute Gasteiger partial charge is 0.346 e. The lowest BCUT2D eigenvalue weighted by molar-refractivity contribution is -0.132. The van der Waals surface area contributed by atoms with Gasteiger partial charge in [0.2, 0.25) is 0 Å². The molecule has 0 aromatic heterocycles. The summed E-state index contributed by atoms with van der Waals surface area (Å²) in [7, 11) is 0. The van der Waals surface area contributed by atoms with Crippen molar-refractivity contribution in [3.8, 4) is 0 Å². The Morgan fingerprint density at radius 3 is 2.08 bits per heavy atom. The van der Waals surface area contributed by atoms with Crippen molar-refractivity contribution in [2.75, 3.05) is 0 Å². The fourth-order valence-corrected chi connectivity index (χ4v) is 2.93. The molecular weight excluding hydrogens is 312 g/mol. The topological polar surface area (TPSA) is 43.4 Å². The molecule has 0 aliphatic rings. The van der Waals surface area contributed by atoms with Crippen LogP contribution in [0.2, 0.25) is 0 Å². The lowest BCUT2D eigenvalue weighted by Crippen LogP contribution is -2.12. The summed E-state index contributed by atoms with van der Waals surface area (Å²) in [6.07, 6.45) is 14.7. The molecule has 0 unspecified atom stereocenters. The molecule has 0 fully saturated rings. The summed E-state index contributed by atoms with van der Waals surface area (Å²) < 4.78 is 4.73. The fourth-order valence-electron chi connectivity index (χ4n) is 2.93. The molecule has 0 spiro atoms. The van der Waals surface area contributed by atoms with Crippen LogP contribution in [0.3, 0.4) is 0 Å². The van der Waals surface area contributed by atoms with Crippen LogP contribution in [-0.4, -0.2) is 11.9 Å². The van der Waals surface area contributed by atoms with E-state index in [0.29, 0.717) is 5.56 Å². The molecule has 1 rings (SSSR count). The molecule has 0 radical (unpaired) electrons. The number of ether oxygens (including phenoxy) is 1. The molecule has 3 heteroatoms. The van der Waals surface area contributed by atoms with E-state index < -0.39 is 11.9 Å². The molecule has 1 aromatic rings. The Morgan fingerprint density at radius 2 is 1.48 bits per heavy atom. The maximum atomic E-state index is 12.0. The number of rotatable bonds is 13. The highest BCUT2D eigenvalue weighted by atomic mass is 16.6. The first-order valence-electron chi connectivity index (χ1n) is 9.65. The Bertz CT molecular complexity index is 534. The number of unbranched alkanes of at least 4 members (excludes halogenated alkanes) is 9. The van der Waals surface area contributed by atoms with E-state index in [-0.39, 0.29) is 0 Å². The lowest BCUT2D eigenvalue weighted by atomic mass is 10.00. The zero-order chi connectivity index (χ0) is 18.3. The minimum atomic E-state index is -0.710. The first-order chi connectivity index (χ1) is 12.2. The van der Waals surface area contributed by atoms with Crippen molar-refractivity contribution in [3.05, 3.63) is 48.0 Å². The van der Waals surface area contributed by atoms with Gasteiger partial charge in [-0.1, -0.05) is 89.5 Å². The SMILES string of the molecule is C=CC(=O)OC(=O)c1ccccc1CCCCCCCCCCCC. The summed E-state index contributed by atoms with van der Waals surface area (Å²) in [6.45, 7) is 5.55. The summed E-state index contributed by atoms with van der Waals surface area (Å²) in [6, 6.07) is 7.35. The number of esters is 2. The molecule has 0 heterocycles. The second-order valence-electron chi connectivity index (χ2n) is 6.50. The molecule has 0 atom stereocenters. The molecule has 1 aromatic carbocycles. The van der Waals surface area contributed by atoms with Crippen LogP contribution in [0.1, 0.15) is 87.1 Å². The van der Waals surface area contributed by atoms with Gasteiger partial charge in [0.15, 0.2) is 0 Å². The summed E-state index contributed by atoms with van der Waals surface area (Å²) in [5.41, 5.74) is 1.43. The molecule has 3 nitrogen and oxygen atoms in total. The van der Waals surface area contributed by atoms with E-state index in [1.54, 1.807) is 12.1 Å². The Labute approximate surface area is 152 Å². The number of benzene rings is 1. The molecule has 0 bridgehead atoms. The maximum absolute atomic E-state index is 12.0. The monoisotopic (exact) mass is 344 g/mol. The van der Waals surface area contributed by atoms with Gasteiger partial charge in [0.05, 0.1) is 5.56 Å². The van der Waals surface area contributed by atoms with Gasteiger partial charge in [0.1, 0.15) is 0 Å². The van der Waals surface area contributed by atoms with Crippen molar-refractivity contribution in [1.29, 1.82) is 0 Å². The predicted molar refractivity (Wildman–Crippen MR) is 103 cm³/mol. The third kappa shape index (κ3) is 9.23. The van der Waals surface area contributed by atoms with E-state index in [9.17, 15) is 9.59 Å². The van der Waals surface area contributed by atoms with Gasteiger partial charge in [-0.2, -0.15) is 0 Å². The molecule has 0 aliphatic carbocycles. The maximum Gasteiger partial charge on any atom is 0.346 e. The van der Waals surface area contributed by atoms with Gasteiger partial charge in [-0.05, 0) is 24.5 Å². The van der Waals surface area contributed by atoms with E-state index >= 15 is 0 Å². The van der Waals surface area contributed by atoms with E-state index in [4.69, 9.17) is 4.74 Å². The standard InChI is InChI=1S/C22H32O3/c1-3-5-6-7-8-9-10-11-12-13-16-19-17-14-15-18-20(19)22(24)25-21(23)4-2/h4,14-15,17-18H,2-3,5-13,16H2,1H3. The molecule has 0 saturated heterocycles. The summed E-state index contributed by atoms with van der Waals surface area (Å²) in [5, 5.41) is 0. The summed E-state index contributed by atoms with van der Waals surface area (Å²) in [4.78, 5) is 23.2. The van der Waals surface area contributed by atoms with Crippen LogP contribution in [0.25, 0.3) is 0 Å². The van der Waals surface area contributed by atoms with Crippen LogP contribution < -0.4 is 0 Å². The Hall–Kier alpha value is -1.90. The second-order valence-corrected chi connectivity index (χ2v) is 6.50. The van der Waals surface area contributed by atoms with E-state index in [1.165, 1.54) is 57.8 Å². The molecule has 0 amide bonds. The molecule has 138 valence electrons. The van der Waals surface area contributed by atoms with Crippen LogP contribution in [-0.2, 0) is 16.0 Å². The van der Waals surface area contributed by atoms with Crippen LogP contribution in [0.4, 0.5) is 0 Å². The van der Waals surface area contributed by atoms with Crippen molar-refractivity contribution in [2.24, 2.45) is 0 Å². The van der Waals surface area contributed by atoms with Crippen molar-refractivity contribution in [1.82, 2.24) is 0 Å². The number of aryl methyl sites for hydroxylation is 1. The average Bonchev–Trinajstić information content (AvgIpc) is 2.63. The van der Waals surface area contributed by atoms with Gasteiger partial charge in [-0.15, -0.1) is 0 Å².